The second-order valence-corrected chi connectivity index (χ2v) is 13.1. The lowest BCUT2D eigenvalue weighted by molar-refractivity contribution is 1.15. The van der Waals surface area contributed by atoms with E-state index in [-0.39, 0.29) is 0 Å². The van der Waals surface area contributed by atoms with E-state index >= 15 is 0 Å². The Hall–Kier alpha value is -7.04. The molecule has 52 heavy (non-hydrogen) atoms. The number of fused-ring (bicyclic) bond motifs is 5. The van der Waals surface area contributed by atoms with Gasteiger partial charge in [-0.1, -0.05) is 146 Å². The molecule has 10 rings (SSSR count). The molecule has 0 spiro atoms. The van der Waals surface area contributed by atoms with Gasteiger partial charge in [-0.05, 0) is 65.2 Å². The lowest BCUT2D eigenvalue weighted by Crippen LogP contribution is -1.96. The third kappa shape index (κ3) is 5.00. The minimum Gasteiger partial charge on any atom is -0.293 e. The highest BCUT2D eigenvalue weighted by atomic mass is 15.1. The van der Waals surface area contributed by atoms with Crippen molar-refractivity contribution in [2.24, 2.45) is 0 Å². The molecule has 0 fully saturated rings. The third-order valence-electron chi connectivity index (χ3n) is 9.91. The fourth-order valence-corrected chi connectivity index (χ4v) is 7.54. The number of hydrogen-bond acceptors (Lipinski definition) is 2. The van der Waals surface area contributed by atoms with Gasteiger partial charge in [-0.2, -0.15) is 0 Å². The van der Waals surface area contributed by atoms with E-state index < -0.39 is 0 Å². The average molecular weight is 665 g/mol. The molecule has 10 aromatic rings. The van der Waals surface area contributed by atoms with E-state index in [2.05, 4.69) is 179 Å². The van der Waals surface area contributed by atoms with Crippen molar-refractivity contribution in [1.29, 1.82) is 0 Å². The second kappa shape index (κ2) is 12.4. The smallest absolute Gasteiger partial charge is 0.160 e. The van der Waals surface area contributed by atoms with Gasteiger partial charge >= 0.3 is 0 Å². The Labute approximate surface area is 301 Å². The molecule has 0 amide bonds. The Bertz CT molecular complexity index is 2830. The Kier molecular flexibility index (Phi) is 7.10. The highest BCUT2D eigenvalue weighted by Crippen LogP contribution is 2.42. The van der Waals surface area contributed by atoms with Crippen LogP contribution >= 0.6 is 0 Å². The number of aromatic nitrogens is 4. The van der Waals surface area contributed by atoms with Crippen LogP contribution in [0.4, 0.5) is 0 Å². The molecule has 0 atom stereocenters. The predicted octanol–water partition coefficient (Wildman–Crippen LogP) is 12.2. The highest BCUT2D eigenvalue weighted by Gasteiger charge is 2.22. The van der Waals surface area contributed by atoms with Gasteiger partial charge in [0.25, 0.3) is 0 Å². The summed E-state index contributed by atoms with van der Waals surface area (Å²) >= 11 is 0. The number of rotatable bonds is 6. The van der Waals surface area contributed by atoms with Gasteiger partial charge in [0.15, 0.2) is 5.82 Å². The summed E-state index contributed by atoms with van der Waals surface area (Å²) in [6.45, 7) is 0. The van der Waals surface area contributed by atoms with Gasteiger partial charge < -0.3 is 0 Å². The highest BCUT2D eigenvalue weighted by molar-refractivity contribution is 6.09. The molecule has 0 aliphatic carbocycles. The molecular formula is C48H32N4. The summed E-state index contributed by atoms with van der Waals surface area (Å²) in [5, 5.41) is 1.22. The summed E-state index contributed by atoms with van der Waals surface area (Å²) in [4.78, 5) is 10.1. The predicted molar refractivity (Wildman–Crippen MR) is 215 cm³/mol. The topological polar surface area (TPSA) is 35.1 Å². The van der Waals surface area contributed by atoms with Crippen LogP contribution in [0.25, 0.3) is 89.4 Å². The van der Waals surface area contributed by atoms with Crippen molar-refractivity contribution in [3.8, 4) is 61.8 Å². The summed E-state index contributed by atoms with van der Waals surface area (Å²) in [7, 11) is 0. The number of para-hydroxylation sites is 4. The summed E-state index contributed by atoms with van der Waals surface area (Å²) in [6.07, 6.45) is 0. The number of imidazole rings is 1. The van der Waals surface area contributed by atoms with Gasteiger partial charge in [0.1, 0.15) is 5.65 Å². The molecule has 0 aliphatic rings. The third-order valence-corrected chi connectivity index (χ3v) is 9.91. The number of hydrogen-bond donors (Lipinski definition) is 0. The lowest BCUT2D eigenvalue weighted by atomic mass is 9.96. The first-order valence-corrected chi connectivity index (χ1v) is 17.6. The maximum atomic E-state index is 5.10. The molecule has 3 aromatic heterocycles. The van der Waals surface area contributed by atoms with Crippen molar-refractivity contribution in [2.45, 2.75) is 0 Å². The number of benzene rings is 7. The molecular weight excluding hydrogens is 633 g/mol. The first-order valence-electron chi connectivity index (χ1n) is 17.6. The minimum atomic E-state index is 0.711. The van der Waals surface area contributed by atoms with Crippen LogP contribution in [0.2, 0.25) is 0 Å². The quantitative estimate of drug-likeness (QED) is 0.177. The Morgan fingerprint density at radius 1 is 0.346 bits per heavy atom. The first-order chi connectivity index (χ1) is 25.8. The van der Waals surface area contributed by atoms with Crippen molar-refractivity contribution in [3.63, 3.8) is 0 Å². The van der Waals surface area contributed by atoms with Crippen molar-refractivity contribution in [2.75, 3.05) is 0 Å². The Morgan fingerprint density at radius 3 is 1.56 bits per heavy atom. The molecule has 4 nitrogen and oxygen atoms in total. The van der Waals surface area contributed by atoms with Crippen molar-refractivity contribution in [1.82, 2.24) is 18.9 Å². The van der Waals surface area contributed by atoms with E-state index in [1.165, 1.54) is 33.1 Å². The van der Waals surface area contributed by atoms with Crippen LogP contribution in [0.1, 0.15) is 0 Å². The molecule has 0 saturated carbocycles. The second-order valence-electron chi connectivity index (χ2n) is 13.1. The van der Waals surface area contributed by atoms with Crippen LogP contribution < -0.4 is 0 Å². The molecule has 244 valence electrons. The maximum absolute atomic E-state index is 5.10. The molecule has 4 heteroatoms. The van der Waals surface area contributed by atoms with E-state index in [0.29, 0.717) is 5.82 Å². The van der Waals surface area contributed by atoms with Gasteiger partial charge in [-0.3, -0.25) is 8.97 Å². The summed E-state index contributed by atoms with van der Waals surface area (Å²) in [6, 6.07) is 68.4. The van der Waals surface area contributed by atoms with Crippen LogP contribution in [0, 0.1) is 0 Å². The zero-order valence-electron chi connectivity index (χ0n) is 28.3. The van der Waals surface area contributed by atoms with Crippen molar-refractivity contribution < 1.29 is 0 Å². The SMILES string of the molecule is c1ccc(-c2cc(-c3cccc(-c4cccc(-c5c6ccccc6n6c7ccccc7n(-c7ccccc7)c56)c4)c3)nc(-c3ccccc3)n2)cc1. The van der Waals surface area contributed by atoms with Gasteiger partial charge in [-0.25, -0.2) is 9.97 Å². The fraction of sp³-hybridized carbons (Fsp3) is 0. The lowest BCUT2D eigenvalue weighted by Gasteiger charge is -2.12. The minimum absolute atomic E-state index is 0.711. The van der Waals surface area contributed by atoms with Crippen LogP contribution in [-0.2, 0) is 0 Å². The molecule has 0 N–H and O–H groups in total. The van der Waals surface area contributed by atoms with E-state index in [9.17, 15) is 0 Å². The molecule has 0 unspecified atom stereocenters. The summed E-state index contributed by atoms with van der Waals surface area (Å²) in [5.41, 5.74) is 15.4. The largest absolute Gasteiger partial charge is 0.293 e. The van der Waals surface area contributed by atoms with Crippen molar-refractivity contribution >= 4 is 27.6 Å². The zero-order chi connectivity index (χ0) is 34.4. The van der Waals surface area contributed by atoms with E-state index in [1.54, 1.807) is 0 Å². The monoisotopic (exact) mass is 664 g/mol. The van der Waals surface area contributed by atoms with Gasteiger partial charge in [0.05, 0.1) is 27.9 Å². The van der Waals surface area contributed by atoms with Crippen molar-refractivity contribution in [3.05, 3.63) is 194 Å². The van der Waals surface area contributed by atoms with E-state index in [0.717, 1.165) is 50.5 Å². The standard InChI is InChI=1S/C48H32N4/c1-4-16-33(17-5-1)41-32-42(50-47(49-41)34-18-6-2-7-19-34)37-22-14-20-35(30-37)36-21-15-23-38(31-36)46-40-26-10-11-27-43(40)52-45-29-13-12-28-44(45)51(48(46)52)39-24-8-3-9-25-39/h1-32H. The fourth-order valence-electron chi connectivity index (χ4n) is 7.54. The van der Waals surface area contributed by atoms with Gasteiger partial charge in [-0.15, -0.1) is 0 Å². The number of nitrogens with zero attached hydrogens (tertiary/aromatic N) is 4. The molecule has 0 saturated heterocycles. The van der Waals surface area contributed by atoms with Crippen LogP contribution in [0.15, 0.2) is 194 Å². The normalized spacial score (nSPS) is 11.5. The molecule has 0 aliphatic heterocycles. The average Bonchev–Trinajstić information content (AvgIpc) is 3.74. The van der Waals surface area contributed by atoms with E-state index in [4.69, 9.17) is 9.97 Å². The Balaban J connectivity index is 1.15. The summed E-state index contributed by atoms with van der Waals surface area (Å²) < 4.78 is 4.83. The van der Waals surface area contributed by atoms with Crippen LogP contribution in [-0.4, -0.2) is 18.9 Å². The van der Waals surface area contributed by atoms with Gasteiger partial charge in [0, 0.05) is 33.3 Å². The summed E-state index contributed by atoms with van der Waals surface area (Å²) in [5.74, 6) is 0.711. The van der Waals surface area contributed by atoms with E-state index in [1.807, 2.05) is 24.3 Å². The zero-order valence-corrected chi connectivity index (χ0v) is 28.3. The Morgan fingerprint density at radius 2 is 0.846 bits per heavy atom. The maximum Gasteiger partial charge on any atom is 0.160 e. The van der Waals surface area contributed by atoms with Gasteiger partial charge in [0.2, 0.25) is 0 Å². The molecule has 7 aromatic carbocycles. The first kappa shape index (κ1) is 29.8. The van der Waals surface area contributed by atoms with Crippen LogP contribution in [0.5, 0.6) is 0 Å². The molecule has 0 radical (unpaired) electrons. The van der Waals surface area contributed by atoms with Crippen LogP contribution in [0.3, 0.4) is 0 Å². The molecule has 0 bridgehead atoms. The molecule has 3 heterocycles.